The van der Waals surface area contributed by atoms with E-state index in [9.17, 15) is 0 Å². The molecule has 0 bridgehead atoms. The van der Waals surface area contributed by atoms with Gasteiger partial charge in [0.15, 0.2) is 8.07 Å². The van der Waals surface area contributed by atoms with E-state index in [1.165, 1.54) is 48.6 Å². The van der Waals surface area contributed by atoms with Crippen molar-refractivity contribution in [2.45, 2.75) is 6.42 Å². The van der Waals surface area contributed by atoms with Crippen molar-refractivity contribution in [2.75, 3.05) is 0 Å². The highest BCUT2D eigenvalue weighted by Crippen LogP contribution is 2.38. The van der Waals surface area contributed by atoms with Crippen LogP contribution in [0.2, 0.25) is 0 Å². The van der Waals surface area contributed by atoms with Gasteiger partial charge in [-0.2, -0.15) is 0 Å². The van der Waals surface area contributed by atoms with Crippen LogP contribution in [0.25, 0.3) is 22.4 Å². The summed E-state index contributed by atoms with van der Waals surface area (Å²) in [6, 6.07) is 53.1. The van der Waals surface area contributed by atoms with Crippen LogP contribution in [0, 0.1) is 0 Å². The summed E-state index contributed by atoms with van der Waals surface area (Å²) in [4.78, 5) is 5.11. The number of hydrogen-bond donors (Lipinski definition) is 0. The van der Waals surface area contributed by atoms with Crippen molar-refractivity contribution in [3.63, 3.8) is 0 Å². The summed E-state index contributed by atoms with van der Waals surface area (Å²) in [7, 11) is -2.55. The minimum Gasteiger partial charge on any atom is -0.256 e. The molecule has 0 spiro atoms. The lowest BCUT2D eigenvalue weighted by molar-refractivity contribution is 1.26. The zero-order valence-corrected chi connectivity index (χ0v) is 22.1. The minimum atomic E-state index is -2.55. The molecule has 1 nitrogen and oxygen atoms in total. The molecule has 0 saturated carbocycles. The lowest BCUT2D eigenvalue weighted by Gasteiger charge is -2.34. The van der Waals surface area contributed by atoms with E-state index >= 15 is 0 Å². The largest absolute Gasteiger partial charge is 0.256 e. The Kier molecular flexibility index (Phi) is 5.60. The maximum atomic E-state index is 5.11. The number of fused-ring (bicyclic) bond motifs is 3. The van der Waals surface area contributed by atoms with Gasteiger partial charge in [-0.15, -0.1) is 0 Å². The van der Waals surface area contributed by atoms with E-state index < -0.39 is 8.07 Å². The summed E-state index contributed by atoms with van der Waals surface area (Å²) in [5.41, 5.74) is 7.68. The Balaban J connectivity index is 1.39. The molecule has 1 heterocycles. The predicted octanol–water partition coefficient (Wildman–Crippen LogP) is 5.70. The Hall–Kier alpha value is -4.53. The first-order chi connectivity index (χ1) is 18.8. The van der Waals surface area contributed by atoms with Crippen molar-refractivity contribution in [3.05, 3.63) is 163 Å². The number of aromatic nitrogens is 1. The van der Waals surface area contributed by atoms with E-state index in [4.69, 9.17) is 4.98 Å². The van der Waals surface area contributed by atoms with Gasteiger partial charge in [0, 0.05) is 11.8 Å². The average Bonchev–Trinajstić information content (AvgIpc) is 3.38. The van der Waals surface area contributed by atoms with Crippen LogP contribution in [-0.4, -0.2) is 13.1 Å². The Bertz CT molecular complexity index is 1610. The molecular formula is C36H27NSi. The molecule has 0 atom stereocenters. The molecular weight excluding hydrogens is 474 g/mol. The molecule has 0 unspecified atom stereocenters. The van der Waals surface area contributed by atoms with E-state index in [-0.39, 0.29) is 0 Å². The van der Waals surface area contributed by atoms with E-state index in [0.29, 0.717) is 0 Å². The number of pyridine rings is 1. The number of rotatable bonds is 5. The van der Waals surface area contributed by atoms with Crippen LogP contribution in [-0.2, 0) is 6.42 Å². The standard InChI is InChI=1S/C36H27NSi/c1-4-13-30(14-5-1)38(31-15-6-2-7-16-31,32-17-8-3-9-18-32)33-22-23-36(37-26-33)29-21-20-28-24-27-12-10-11-19-34(27)35(28)25-29/h1-23,25-26H,24H2. The van der Waals surface area contributed by atoms with Gasteiger partial charge in [0.05, 0.1) is 5.69 Å². The normalized spacial score (nSPS) is 12.1. The fraction of sp³-hybridized carbons (Fsp3) is 0.0278. The minimum absolute atomic E-state index is 1.01. The van der Waals surface area contributed by atoms with Crippen LogP contribution in [0.3, 0.4) is 0 Å². The van der Waals surface area contributed by atoms with Crippen molar-refractivity contribution in [1.82, 2.24) is 4.98 Å². The van der Waals surface area contributed by atoms with Gasteiger partial charge in [0.25, 0.3) is 0 Å². The Morgan fingerprint density at radius 2 is 1.00 bits per heavy atom. The summed E-state index contributed by atoms with van der Waals surface area (Å²) in [5.74, 6) is 0. The number of hydrogen-bond acceptors (Lipinski definition) is 1. The zero-order valence-electron chi connectivity index (χ0n) is 21.1. The molecule has 0 radical (unpaired) electrons. The fourth-order valence-electron chi connectivity index (χ4n) is 6.13. The number of benzene rings is 5. The second-order valence-corrected chi connectivity index (χ2v) is 13.8. The second-order valence-electron chi connectivity index (χ2n) is 9.99. The van der Waals surface area contributed by atoms with Crippen molar-refractivity contribution >= 4 is 28.8 Å². The van der Waals surface area contributed by atoms with Crippen LogP contribution in [0.4, 0.5) is 0 Å². The fourth-order valence-corrected chi connectivity index (χ4v) is 10.8. The van der Waals surface area contributed by atoms with Gasteiger partial charge in [0.2, 0.25) is 0 Å². The molecule has 1 aromatic heterocycles. The molecule has 2 heteroatoms. The topological polar surface area (TPSA) is 12.9 Å². The first-order valence-corrected chi connectivity index (χ1v) is 15.2. The highest BCUT2D eigenvalue weighted by molar-refractivity contribution is 7.19. The maximum absolute atomic E-state index is 5.11. The van der Waals surface area contributed by atoms with Gasteiger partial charge in [-0.25, -0.2) is 0 Å². The Morgan fingerprint density at radius 3 is 1.58 bits per heavy atom. The third-order valence-electron chi connectivity index (χ3n) is 7.91. The predicted molar refractivity (Wildman–Crippen MR) is 162 cm³/mol. The first kappa shape index (κ1) is 22.6. The summed E-state index contributed by atoms with van der Waals surface area (Å²) in [5, 5.41) is 5.37. The van der Waals surface area contributed by atoms with Gasteiger partial charge in [0.1, 0.15) is 0 Å². The van der Waals surface area contributed by atoms with Gasteiger partial charge >= 0.3 is 0 Å². The quantitative estimate of drug-likeness (QED) is 0.218. The SMILES string of the molecule is c1ccc([Si](c2ccccc2)(c2ccccc2)c2ccc(-c3ccc4c(c3)-c3ccccc3C4)nc2)cc1. The molecule has 0 amide bonds. The van der Waals surface area contributed by atoms with Gasteiger partial charge in [-0.3, -0.25) is 4.98 Å². The number of nitrogens with zero attached hydrogens (tertiary/aromatic N) is 1. The molecule has 1 aliphatic rings. The van der Waals surface area contributed by atoms with E-state index in [1.807, 2.05) is 0 Å². The highest BCUT2D eigenvalue weighted by Gasteiger charge is 2.41. The third kappa shape index (κ3) is 3.65. The smallest absolute Gasteiger partial charge is 0.181 e. The molecule has 0 fully saturated rings. The van der Waals surface area contributed by atoms with Crippen LogP contribution in [0.1, 0.15) is 11.1 Å². The van der Waals surface area contributed by atoms with Crippen molar-refractivity contribution in [1.29, 1.82) is 0 Å². The molecule has 1 aliphatic carbocycles. The Labute approximate surface area is 225 Å². The lowest BCUT2D eigenvalue weighted by Crippen LogP contribution is -2.74. The molecule has 180 valence electrons. The molecule has 38 heavy (non-hydrogen) atoms. The van der Waals surface area contributed by atoms with Crippen molar-refractivity contribution in [3.8, 4) is 22.4 Å². The summed E-state index contributed by atoms with van der Waals surface area (Å²) in [6.07, 6.45) is 3.15. The van der Waals surface area contributed by atoms with E-state index in [1.54, 1.807) is 0 Å². The molecule has 0 aliphatic heterocycles. The van der Waals surface area contributed by atoms with Gasteiger partial charge in [-0.1, -0.05) is 133 Å². The van der Waals surface area contributed by atoms with Crippen molar-refractivity contribution in [2.24, 2.45) is 0 Å². The maximum Gasteiger partial charge on any atom is 0.181 e. The molecule has 0 N–H and O–H groups in total. The summed E-state index contributed by atoms with van der Waals surface area (Å²) >= 11 is 0. The van der Waals surface area contributed by atoms with Crippen LogP contribution >= 0.6 is 0 Å². The molecule has 0 saturated heterocycles. The molecule has 5 aromatic carbocycles. The third-order valence-corrected chi connectivity index (χ3v) is 12.7. The highest BCUT2D eigenvalue weighted by atomic mass is 28.3. The van der Waals surface area contributed by atoms with Gasteiger partial charge in [-0.05, 0) is 61.6 Å². The lowest BCUT2D eigenvalue weighted by atomic mass is 10.0. The summed E-state index contributed by atoms with van der Waals surface area (Å²) in [6.45, 7) is 0. The monoisotopic (exact) mass is 501 g/mol. The molecule has 7 rings (SSSR count). The Morgan fingerprint density at radius 1 is 0.447 bits per heavy atom. The van der Waals surface area contributed by atoms with Crippen LogP contribution in [0.5, 0.6) is 0 Å². The van der Waals surface area contributed by atoms with Crippen LogP contribution in [0.15, 0.2) is 152 Å². The second kappa shape index (κ2) is 9.40. The van der Waals surface area contributed by atoms with Crippen LogP contribution < -0.4 is 20.7 Å². The summed E-state index contributed by atoms with van der Waals surface area (Å²) < 4.78 is 0. The molecule has 6 aromatic rings. The first-order valence-electron chi connectivity index (χ1n) is 13.2. The zero-order chi connectivity index (χ0) is 25.4. The van der Waals surface area contributed by atoms with Gasteiger partial charge < -0.3 is 0 Å². The van der Waals surface area contributed by atoms with E-state index in [2.05, 4.69) is 152 Å². The van der Waals surface area contributed by atoms with Crippen molar-refractivity contribution < 1.29 is 0 Å². The average molecular weight is 502 g/mol. The van der Waals surface area contributed by atoms with E-state index in [0.717, 1.165) is 12.1 Å².